The molecule has 3 rings (SSSR count). The SMILES string of the molecule is CCc1c(-c2nc(C)no2)[nH]c2c(C#N)cnn2c1=O. The third-order valence-electron chi connectivity index (χ3n) is 2.98. The van der Waals surface area contributed by atoms with Gasteiger partial charge in [-0.2, -0.15) is 19.9 Å². The fraction of sp³-hybridized carbons (Fsp3) is 0.250. The molecule has 3 heterocycles. The van der Waals surface area contributed by atoms with E-state index in [9.17, 15) is 4.79 Å². The first kappa shape index (κ1) is 12.1. The van der Waals surface area contributed by atoms with Crippen molar-refractivity contribution in [3.63, 3.8) is 0 Å². The number of nitriles is 1. The topological polar surface area (TPSA) is 113 Å². The normalized spacial score (nSPS) is 10.8. The number of aryl methyl sites for hydroxylation is 1. The minimum Gasteiger partial charge on any atom is -0.334 e. The number of aromatic nitrogens is 5. The maximum atomic E-state index is 12.4. The largest absolute Gasteiger partial charge is 0.334 e. The van der Waals surface area contributed by atoms with Gasteiger partial charge >= 0.3 is 0 Å². The van der Waals surface area contributed by atoms with Gasteiger partial charge in [-0.15, -0.1) is 0 Å². The molecule has 8 heteroatoms. The van der Waals surface area contributed by atoms with Crippen molar-refractivity contribution in [1.82, 2.24) is 24.7 Å². The number of aromatic amines is 1. The van der Waals surface area contributed by atoms with E-state index < -0.39 is 0 Å². The van der Waals surface area contributed by atoms with Crippen molar-refractivity contribution in [2.24, 2.45) is 0 Å². The lowest BCUT2D eigenvalue weighted by atomic mass is 10.1. The lowest BCUT2D eigenvalue weighted by Gasteiger charge is -2.04. The molecule has 3 aromatic rings. The fourth-order valence-corrected chi connectivity index (χ4v) is 2.04. The Labute approximate surface area is 112 Å². The van der Waals surface area contributed by atoms with Gasteiger partial charge in [0.15, 0.2) is 11.5 Å². The van der Waals surface area contributed by atoms with Gasteiger partial charge in [0.05, 0.1) is 6.20 Å². The Morgan fingerprint density at radius 1 is 1.55 bits per heavy atom. The van der Waals surface area contributed by atoms with Crippen LogP contribution in [0.1, 0.15) is 23.9 Å². The molecular weight excluding hydrogens is 260 g/mol. The van der Waals surface area contributed by atoms with Crippen LogP contribution >= 0.6 is 0 Å². The molecule has 0 aromatic carbocycles. The van der Waals surface area contributed by atoms with Crippen molar-refractivity contribution < 1.29 is 4.52 Å². The van der Waals surface area contributed by atoms with Gasteiger partial charge in [0.25, 0.3) is 11.4 Å². The van der Waals surface area contributed by atoms with Crippen LogP contribution in [-0.2, 0) is 6.42 Å². The van der Waals surface area contributed by atoms with Gasteiger partial charge in [0, 0.05) is 5.56 Å². The van der Waals surface area contributed by atoms with Gasteiger partial charge in [-0.1, -0.05) is 12.1 Å². The number of nitrogens with zero attached hydrogens (tertiary/aromatic N) is 5. The first-order valence-electron chi connectivity index (χ1n) is 5.99. The molecule has 0 radical (unpaired) electrons. The van der Waals surface area contributed by atoms with E-state index >= 15 is 0 Å². The first-order chi connectivity index (χ1) is 9.65. The zero-order chi connectivity index (χ0) is 14.3. The van der Waals surface area contributed by atoms with E-state index in [2.05, 4.69) is 20.2 Å². The molecule has 0 atom stereocenters. The summed E-state index contributed by atoms with van der Waals surface area (Å²) in [4.78, 5) is 19.5. The molecule has 3 aromatic heterocycles. The number of rotatable bonds is 2. The van der Waals surface area contributed by atoms with Crippen LogP contribution in [0.5, 0.6) is 0 Å². The van der Waals surface area contributed by atoms with Crippen molar-refractivity contribution in [3.8, 4) is 17.7 Å². The molecule has 8 nitrogen and oxygen atoms in total. The average molecular weight is 270 g/mol. The third-order valence-corrected chi connectivity index (χ3v) is 2.98. The third kappa shape index (κ3) is 1.60. The molecule has 0 saturated carbocycles. The number of fused-ring (bicyclic) bond motifs is 1. The van der Waals surface area contributed by atoms with Crippen LogP contribution in [0.2, 0.25) is 0 Å². The number of hydrogen-bond acceptors (Lipinski definition) is 6. The Morgan fingerprint density at radius 3 is 2.95 bits per heavy atom. The molecule has 1 N–H and O–H groups in total. The van der Waals surface area contributed by atoms with Crippen molar-refractivity contribution in [2.75, 3.05) is 0 Å². The van der Waals surface area contributed by atoms with Crippen molar-refractivity contribution in [2.45, 2.75) is 20.3 Å². The minimum atomic E-state index is -0.298. The summed E-state index contributed by atoms with van der Waals surface area (Å²) in [5.41, 5.74) is 1.22. The zero-order valence-corrected chi connectivity index (χ0v) is 10.8. The second-order valence-electron chi connectivity index (χ2n) is 4.21. The monoisotopic (exact) mass is 270 g/mol. The molecule has 0 amide bonds. The zero-order valence-electron chi connectivity index (χ0n) is 10.8. The van der Waals surface area contributed by atoms with E-state index in [4.69, 9.17) is 9.78 Å². The maximum absolute atomic E-state index is 12.4. The number of H-pyrrole nitrogens is 1. The molecule has 0 aliphatic rings. The molecule has 0 aliphatic heterocycles. The van der Waals surface area contributed by atoms with Gasteiger partial charge in [0.2, 0.25) is 0 Å². The first-order valence-corrected chi connectivity index (χ1v) is 5.99. The Hall–Kier alpha value is -2.95. The highest BCUT2D eigenvalue weighted by Crippen LogP contribution is 2.19. The molecule has 100 valence electrons. The van der Waals surface area contributed by atoms with Crippen molar-refractivity contribution in [3.05, 3.63) is 33.5 Å². The van der Waals surface area contributed by atoms with E-state index in [1.807, 2.05) is 13.0 Å². The lowest BCUT2D eigenvalue weighted by molar-refractivity contribution is 0.424. The maximum Gasteiger partial charge on any atom is 0.278 e. The minimum absolute atomic E-state index is 0.226. The Morgan fingerprint density at radius 2 is 2.35 bits per heavy atom. The predicted molar refractivity (Wildman–Crippen MR) is 67.9 cm³/mol. The summed E-state index contributed by atoms with van der Waals surface area (Å²) in [6.07, 6.45) is 1.82. The second-order valence-corrected chi connectivity index (χ2v) is 4.21. The highest BCUT2D eigenvalue weighted by molar-refractivity contribution is 5.62. The summed E-state index contributed by atoms with van der Waals surface area (Å²) < 4.78 is 6.27. The Bertz CT molecular complexity index is 895. The molecule has 0 aliphatic carbocycles. The van der Waals surface area contributed by atoms with Crippen LogP contribution in [0, 0.1) is 18.3 Å². The molecule has 0 saturated heterocycles. The molecule has 20 heavy (non-hydrogen) atoms. The van der Waals surface area contributed by atoms with Gasteiger partial charge < -0.3 is 9.51 Å². The Kier molecular flexibility index (Phi) is 2.61. The molecule has 0 fully saturated rings. The van der Waals surface area contributed by atoms with Gasteiger partial charge in [-0.05, 0) is 13.3 Å². The summed E-state index contributed by atoms with van der Waals surface area (Å²) in [6, 6.07) is 1.98. The summed E-state index contributed by atoms with van der Waals surface area (Å²) in [5.74, 6) is 0.695. The summed E-state index contributed by atoms with van der Waals surface area (Å²) >= 11 is 0. The highest BCUT2D eigenvalue weighted by Gasteiger charge is 2.19. The predicted octanol–water partition coefficient (Wildman–Crippen LogP) is 0.815. The molecule has 0 spiro atoms. The second kappa shape index (κ2) is 4.31. The van der Waals surface area contributed by atoms with Crippen LogP contribution in [0.15, 0.2) is 15.5 Å². The van der Waals surface area contributed by atoms with Gasteiger partial charge in [0.1, 0.15) is 17.3 Å². The lowest BCUT2D eigenvalue weighted by Crippen LogP contribution is -2.21. The Balaban J connectivity index is 2.41. The van der Waals surface area contributed by atoms with Crippen molar-refractivity contribution >= 4 is 5.65 Å². The number of hydrogen-bond donors (Lipinski definition) is 1. The van der Waals surface area contributed by atoms with E-state index in [-0.39, 0.29) is 17.0 Å². The average Bonchev–Trinajstić information content (AvgIpc) is 3.04. The van der Waals surface area contributed by atoms with Crippen LogP contribution in [-0.4, -0.2) is 24.7 Å². The van der Waals surface area contributed by atoms with Crippen LogP contribution in [0.3, 0.4) is 0 Å². The summed E-state index contributed by atoms with van der Waals surface area (Å²) in [7, 11) is 0. The van der Waals surface area contributed by atoms with E-state index in [1.165, 1.54) is 10.7 Å². The van der Waals surface area contributed by atoms with Gasteiger partial charge in [-0.25, -0.2) is 0 Å². The van der Waals surface area contributed by atoms with E-state index in [0.29, 0.717) is 29.1 Å². The summed E-state index contributed by atoms with van der Waals surface area (Å²) in [5, 5.41) is 16.7. The number of nitrogens with one attached hydrogen (secondary N) is 1. The quantitative estimate of drug-likeness (QED) is 0.737. The molecular formula is C12H10N6O2. The van der Waals surface area contributed by atoms with Gasteiger partial charge in [-0.3, -0.25) is 4.79 Å². The van der Waals surface area contributed by atoms with Crippen LogP contribution in [0.4, 0.5) is 0 Å². The molecule has 0 unspecified atom stereocenters. The smallest absolute Gasteiger partial charge is 0.278 e. The molecule has 0 bridgehead atoms. The standard InChI is InChI=1S/C12H10N6O2/c1-3-8-9(11-15-6(2)17-20-11)16-10-7(4-13)5-14-18(10)12(8)19/h5,16H,3H2,1-2H3. The highest BCUT2D eigenvalue weighted by atomic mass is 16.5. The van der Waals surface area contributed by atoms with E-state index in [0.717, 1.165) is 0 Å². The van der Waals surface area contributed by atoms with Crippen LogP contribution < -0.4 is 5.56 Å². The van der Waals surface area contributed by atoms with E-state index in [1.54, 1.807) is 6.92 Å². The fourth-order valence-electron chi connectivity index (χ4n) is 2.04. The van der Waals surface area contributed by atoms with Crippen LogP contribution in [0.25, 0.3) is 17.2 Å². The summed E-state index contributed by atoms with van der Waals surface area (Å²) in [6.45, 7) is 3.53. The van der Waals surface area contributed by atoms with Crippen molar-refractivity contribution in [1.29, 1.82) is 5.26 Å².